The molecule has 0 radical (unpaired) electrons. The van der Waals surface area contributed by atoms with E-state index in [4.69, 9.17) is 37.9 Å². The third-order valence-electron chi connectivity index (χ3n) is 23.8. The van der Waals surface area contributed by atoms with Gasteiger partial charge in [0.15, 0.2) is 0 Å². The molecule has 27 aromatic rings. The first-order chi connectivity index (χ1) is 73.9. The van der Waals surface area contributed by atoms with E-state index in [0.29, 0.717) is 105 Å². The van der Waals surface area contributed by atoms with Gasteiger partial charge in [-0.2, -0.15) is 0 Å². The van der Waals surface area contributed by atoms with Crippen molar-refractivity contribution in [2.75, 3.05) is 0 Å². The highest BCUT2D eigenvalue weighted by Crippen LogP contribution is 2.54. The van der Waals surface area contributed by atoms with Gasteiger partial charge < -0.3 is 13.3 Å². The van der Waals surface area contributed by atoms with Crippen LogP contribution < -0.4 is 0 Å². The van der Waals surface area contributed by atoms with Gasteiger partial charge in [-0.1, -0.05) is 394 Å². The first kappa shape index (κ1) is 45.7. The van der Waals surface area contributed by atoms with Crippen molar-refractivity contribution in [3.8, 4) is 66.8 Å². The van der Waals surface area contributed by atoms with Crippen molar-refractivity contribution < 1.29 is 55.7 Å². The van der Waals surface area contributed by atoms with Crippen molar-refractivity contribution >= 4 is 195 Å². The van der Waals surface area contributed by atoms with Gasteiger partial charge in [0.05, 0.1) is 42.5 Å². The quantitative estimate of drug-likeness (QED) is 0.156. The van der Waals surface area contributed by atoms with Gasteiger partial charge in [-0.3, -0.25) is 0 Å². The monoisotopic (exact) mass is 1590 g/mol. The summed E-state index contributed by atoms with van der Waals surface area (Å²) in [7, 11) is 0. The molecule has 0 fully saturated rings. The zero-order valence-electron chi connectivity index (χ0n) is 95.4. The number of hydrogen-bond donors (Lipinski definition) is 0. The molecule has 3 heteroatoms. The lowest BCUT2D eigenvalue weighted by atomic mass is 9.84. The summed E-state index contributed by atoms with van der Waals surface area (Å²) in [4.78, 5) is 0. The van der Waals surface area contributed by atoms with E-state index in [1.165, 1.54) is 0 Å². The predicted octanol–water partition coefficient (Wildman–Crippen LogP) is 34.6. The maximum atomic E-state index is 9.43. The van der Waals surface area contributed by atoms with Gasteiger partial charge in [-0.05, 0) is 238 Å². The highest BCUT2D eigenvalue weighted by atomic mass is 16.3. The minimum atomic E-state index is -0.758. The second kappa shape index (κ2) is 28.3. The number of benzene rings is 24. The molecule has 0 spiro atoms. The summed E-state index contributed by atoms with van der Waals surface area (Å²) >= 11 is 0. The van der Waals surface area contributed by atoms with E-state index >= 15 is 0 Å². The zero-order chi connectivity index (χ0) is 108. The summed E-state index contributed by atoms with van der Waals surface area (Å²) in [5, 5.41) is 12.8. The van der Waals surface area contributed by atoms with Crippen molar-refractivity contribution in [1.82, 2.24) is 0 Å². The number of rotatable bonds is 6. The summed E-state index contributed by atoms with van der Waals surface area (Å²) in [6.45, 7) is 0. The van der Waals surface area contributed by atoms with Crippen LogP contribution in [0.3, 0.4) is 0 Å². The van der Waals surface area contributed by atoms with Crippen LogP contribution in [0.1, 0.15) is 42.5 Å². The molecule has 123 heavy (non-hydrogen) atoms. The Balaban J connectivity index is 0.000000119. The van der Waals surface area contributed by atoms with Crippen LogP contribution in [-0.4, -0.2) is 0 Å². The van der Waals surface area contributed by atoms with Crippen molar-refractivity contribution in [2.45, 2.75) is 0 Å². The minimum Gasteiger partial charge on any atom is -0.456 e. The molecule has 0 unspecified atom stereocenters. The van der Waals surface area contributed by atoms with E-state index in [2.05, 4.69) is 0 Å². The van der Waals surface area contributed by atoms with Gasteiger partial charge in [-0.25, -0.2) is 0 Å². The fourth-order valence-corrected chi connectivity index (χ4v) is 18.7. The molecule has 0 aliphatic carbocycles. The molecule has 0 atom stereocenters. The van der Waals surface area contributed by atoms with Crippen LogP contribution in [0.4, 0.5) is 0 Å². The average molecular weight is 1590 g/mol. The number of hydrogen-bond acceptors (Lipinski definition) is 3. The first-order valence-corrected chi connectivity index (χ1v) is 39.8. The Morgan fingerprint density at radius 2 is 0.415 bits per heavy atom. The van der Waals surface area contributed by atoms with E-state index in [0.717, 1.165) is 64.6 Å². The highest BCUT2D eigenvalue weighted by molar-refractivity contribution is 6.34. The normalized spacial score (nSPS) is 15.4. The van der Waals surface area contributed by atoms with Crippen molar-refractivity contribution in [3.05, 3.63) is 436 Å². The van der Waals surface area contributed by atoms with Crippen LogP contribution in [0, 0.1) is 0 Å². The first-order valence-electron chi connectivity index (χ1n) is 55.3. The smallest absolute Gasteiger partial charge is 0.136 e. The van der Waals surface area contributed by atoms with Gasteiger partial charge in [0, 0.05) is 32.3 Å². The topological polar surface area (TPSA) is 39.4 Å². The van der Waals surface area contributed by atoms with Crippen LogP contribution in [-0.2, 0) is 0 Å². The third kappa shape index (κ3) is 11.0. The molecule has 0 saturated heterocycles. The lowest BCUT2D eigenvalue weighted by Gasteiger charge is -2.19. The largest absolute Gasteiger partial charge is 0.456 e. The van der Waals surface area contributed by atoms with Crippen LogP contribution in [0.2, 0.25) is 0 Å². The van der Waals surface area contributed by atoms with E-state index in [9.17, 15) is 17.8 Å². The summed E-state index contributed by atoms with van der Waals surface area (Å²) in [6, 6.07) is 61.5. The van der Waals surface area contributed by atoms with Crippen LogP contribution in [0.5, 0.6) is 0 Å². The molecule has 0 aliphatic rings. The van der Waals surface area contributed by atoms with Crippen LogP contribution in [0.25, 0.3) is 262 Å². The zero-order valence-corrected chi connectivity index (χ0v) is 64.4. The molecule has 24 aromatic carbocycles. The summed E-state index contributed by atoms with van der Waals surface area (Å²) in [6.07, 6.45) is 0. The van der Waals surface area contributed by atoms with E-state index in [1.54, 1.807) is 36.4 Å². The SMILES string of the molecule is [2H]c1c([2H])c([2H])c2c(-c3c4c([2H])c([2H])c([2H])c([2H])c4c(-c4cccc5oc6ccc7ccccc7c6c45)c4c([2H])c([2H])c([2H])c([2H])c34)c([2H])c([2H])c([2H])c2c1[2H].[2H]c1c([2H])c([2H])c2c(-c3cccc4oc5ccc6ccccc6c5c34)c3c([2H])c([2H])c([2H])c([2H])c3c(-c3ccc4ccccc4c3)c2c1[2H].[2H]c1c([2H])c([2H])c2c(-c3cccc4oc5ccc6ccccc6c5c34)c3c([2H])c([2H])c([2H])c([2H])c3c(-c3cccc4ccccc34)c2c1[2H]. The fraction of sp³-hybridized carbons (Fsp3) is 0. The van der Waals surface area contributed by atoms with Gasteiger partial charge in [0.2, 0.25) is 0 Å². The van der Waals surface area contributed by atoms with Gasteiger partial charge in [0.25, 0.3) is 0 Å². The van der Waals surface area contributed by atoms with Crippen LogP contribution in [0.15, 0.2) is 449 Å². The Labute approximate surface area is 750 Å². The molecule has 570 valence electrons. The molecule has 0 saturated carbocycles. The van der Waals surface area contributed by atoms with Crippen LogP contribution >= 0.6 is 0 Å². The van der Waals surface area contributed by atoms with Gasteiger partial charge >= 0.3 is 0 Å². The Morgan fingerprint density at radius 1 is 0.146 bits per heavy atom. The molecule has 0 aliphatic heterocycles. The molecule has 3 nitrogen and oxygen atoms in total. The maximum absolute atomic E-state index is 9.43. The molecule has 0 amide bonds. The van der Waals surface area contributed by atoms with Crippen molar-refractivity contribution in [3.63, 3.8) is 0 Å². The standard InChI is InChI=1S/3C40H24O/c2*1-3-14-27-25(11-1)13-9-20-29(27)37-30-16-5-7-18-32(30)38(33-19-8-6-17-31(33)37)34-21-10-22-35-40(34)39-28-15-4-2-12-26(28)23-24-36(39)41-35;1-2-12-27-24-28(21-20-25(27)10-1)37-30-14-5-7-16-32(30)38(33-17-8-6-15-31(33)37)34-18-9-19-35-40(34)39-29-13-4-3-11-26(29)22-23-36(39)41-35/h3*1-24H/i1D,3D,5D,6D,7D,8D,9D,11D,13D,14D,16D,17D,18D,19D,20D;5D,6D,7D,8D,16D,17D,18D,19D;5D,6D,7D,8D,14D,15D,16D,17D. The number of fused-ring (bicyclic) bond motifs is 24. The number of furan rings is 3. The Hall–Kier alpha value is -16.2. The molecule has 0 N–H and O–H groups in total. The highest BCUT2D eigenvalue weighted by Gasteiger charge is 2.27. The predicted molar refractivity (Wildman–Crippen MR) is 524 cm³/mol. The maximum Gasteiger partial charge on any atom is 0.136 e. The molecule has 3 aromatic heterocycles. The van der Waals surface area contributed by atoms with E-state index in [1.807, 2.05) is 212 Å². The molecule has 27 rings (SSSR count). The Kier molecular flexibility index (Phi) is 10.5. The van der Waals surface area contributed by atoms with Gasteiger partial charge in [-0.15, -0.1) is 0 Å². The van der Waals surface area contributed by atoms with Crippen molar-refractivity contribution in [2.24, 2.45) is 0 Å². The van der Waals surface area contributed by atoms with Crippen molar-refractivity contribution in [1.29, 1.82) is 0 Å². The average Bonchev–Trinajstić information content (AvgIpc) is 1.00. The second-order valence-electron chi connectivity index (χ2n) is 30.2. The van der Waals surface area contributed by atoms with E-state index in [-0.39, 0.29) is 124 Å². The lowest BCUT2D eigenvalue weighted by Crippen LogP contribution is -1.92. The molecule has 0 bridgehead atoms. The second-order valence-corrected chi connectivity index (χ2v) is 30.2. The fourth-order valence-electron chi connectivity index (χ4n) is 18.7. The Morgan fingerprint density at radius 3 is 0.813 bits per heavy atom. The summed E-state index contributed by atoms with van der Waals surface area (Å²) < 4.78 is 299. The molecular weight excluding hydrogens is 1490 g/mol. The molecule has 3 heterocycles. The molecular formula is C120H72O3. The minimum absolute atomic E-state index is 0.0138. The Bertz CT molecular complexity index is 10900. The summed E-state index contributed by atoms with van der Waals surface area (Å²) in [5.74, 6) is 0. The summed E-state index contributed by atoms with van der Waals surface area (Å²) in [5.41, 5.74) is 6.30. The lowest BCUT2D eigenvalue weighted by molar-refractivity contribution is 0.669. The van der Waals surface area contributed by atoms with Gasteiger partial charge in [0.1, 0.15) is 33.5 Å². The van der Waals surface area contributed by atoms with E-state index < -0.39 is 155 Å². The third-order valence-corrected chi connectivity index (χ3v) is 23.8.